The Kier molecular flexibility index (Phi) is 3.23. The van der Waals surface area contributed by atoms with E-state index in [9.17, 15) is 0 Å². The Balaban J connectivity index is 1.93. The predicted molar refractivity (Wildman–Crippen MR) is 78.8 cm³/mol. The van der Waals surface area contributed by atoms with Gasteiger partial charge in [0, 0.05) is 10.5 Å². The van der Waals surface area contributed by atoms with Gasteiger partial charge in [-0.2, -0.15) is 5.26 Å². The number of thiol groups is 1. The predicted octanol–water partition coefficient (Wildman–Crippen LogP) is 3.09. The molecule has 0 fully saturated rings. The molecule has 0 aliphatic carbocycles. The number of benzene rings is 2. The first-order valence-electron chi connectivity index (χ1n) is 5.98. The van der Waals surface area contributed by atoms with Crippen LogP contribution in [-0.2, 0) is 0 Å². The Hall–Kier alpha value is -2.58. The first kappa shape index (κ1) is 12.5. The number of aromatic nitrogens is 3. The van der Waals surface area contributed by atoms with Crippen LogP contribution < -0.4 is 0 Å². The molecule has 2 aromatic carbocycles. The Morgan fingerprint density at radius 2 is 1.70 bits per heavy atom. The smallest absolute Gasteiger partial charge is 0.181 e. The van der Waals surface area contributed by atoms with E-state index in [4.69, 9.17) is 5.26 Å². The van der Waals surface area contributed by atoms with Crippen molar-refractivity contribution in [1.29, 1.82) is 5.26 Å². The molecule has 20 heavy (non-hydrogen) atoms. The summed E-state index contributed by atoms with van der Waals surface area (Å²) in [4.78, 5) is 5.19. The molecule has 96 valence electrons. The lowest BCUT2D eigenvalue weighted by Crippen LogP contribution is -1.94. The van der Waals surface area contributed by atoms with Crippen molar-refractivity contribution in [2.24, 2.45) is 0 Å². The highest BCUT2D eigenvalue weighted by molar-refractivity contribution is 7.80. The standard InChI is InChI=1S/C15H10N4S/c16-9-11-1-3-12(4-2-11)15-17-10-19(18-15)13-5-7-14(20)8-6-13/h1-8,10,20H. The lowest BCUT2D eigenvalue weighted by molar-refractivity contribution is 0.880. The SMILES string of the molecule is N#Cc1ccc(-c2ncn(-c3ccc(S)cc3)n2)cc1. The second-order valence-electron chi connectivity index (χ2n) is 4.22. The minimum absolute atomic E-state index is 0.623. The van der Waals surface area contributed by atoms with Crippen LogP contribution >= 0.6 is 12.6 Å². The molecular formula is C15H10N4S. The molecule has 0 aliphatic heterocycles. The third-order valence-electron chi connectivity index (χ3n) is 2.88. The van der Waals surface area contributed by atoms with Gasteiger partial charge in [-0.3, -0.25) is 0 Å². The van der Waals surface area contributed by atoms with Crippen LogP contribution in [0.3, 0.4) is 0 Å². The number of nitriles is 1. The number of hydrogen-bond acceptors (Lipinski definition) is 4. The number of rotatable bonds is 2. The Morgan fingerprint density at radius 3 is 2.35 bits per heavy atom. The fourth-order valence-corrected chi connectivity index (χ4v) is 1.97. The van der Waals surface area contributed by atoms with E-state index in [1.807, 2.05) is 36.4 Å². The van der Waals surface area contributed by atoms with Crippen molar-refractivity contribution in [3.05, 3.63) is 60.4 Å². The maximum Gasteiger partial charge on any atom is 0.181 e. The normalized spacial score (nSPS) is 10.2. The van der Waals surface area contributed by atoms with E-state index in [0.717, 1.165) is 16.1 Å². The molecule has 0 amide bonds. The van der Waals surface area contributed by atoms with Gasteiger partial charge < -0.3 is 0 Å². The highest BCUT2D eigenvalue weighted by atomic mass is 32.1. The van der Waals surface area contributed by atoms with Gasteiger partial charge in [0.05, 0.1) is 17.3 Å². The molecule has 0 saturated carbocycles. The summed E-state index contributed by atoms with van der Waals surface area (Å²) in [6.45, 7) is 0. The summed E-state index contributed by atoms with van der Waals surface area (Å²) in [5.41, 5.74) is 2.43. The van der Waals surface area contributed by atoms with Crippen molar-refractivity contribution in [1.82, 2.24) is 14.8 Å². The van der Waals surface area contributed by atoms with Crippen LogP contribution in [0.2, 0.25) is 0 Å². The largest absolute Gasteiger partial charge is 0.220 e. The maximum absolute atomic E-state index is 8.78. The Morgan fingerprint density at radius 1 is 1.00 bits per heavy atom. The number of hydrogen-bond donors (Lipinski definition) is 1. The van der Waals surface area contributed by atoms with Crippen LogP contribution in [0.5, 0.6) is 0 Å². The summed E-state index contributed by atoms with van der Waals surface area (Å²) in [6, 6.07) is 17.0. The molecule has 0 N–H and O–H groups in total. The van der Waals surface area contributed by atoms with Gasteiger partial charge in [-0.1, -0.05) is 0 Å². The molecule has 0 atom stereocenters. The molecule has 0 saturated heterocycles. The van der Waals surface area contributed by atoms with Crippen molar-refractivity contribution in [2.45, 2.75) is 4.90 Å². The highest BCUT2D eigenvalue weighted by Crippen LogP contribution is 2.17. The minimum Gasteiger partial charge on any atom is -0.220 e. The van der Waals surface area contributed by atoms with Crippen LogP contribution in [0.4, 0.5) is 0 Å². The van der Waals surface area contributed by atoms with Gasteiger partial charge in [0.2, 0.25) is 0 Å². The van der Waals surface area contributed by atoms with E-state index in [1.54, 1.807) is 23.1 Å². The molecule has 0 aliphatic rings. The van der Waals surface area contributed by atoms with Gasteiger partial charge in [0.15, 0.2) is 5.82 Å². The van der Waals surface area contributed by atoms with Crippen LogP contribution in [-0.4, -0.2) is 14.8 Å². The third-order valence-corrected chi connectivity index (χ3v) is 3.18. The van der Waals surface area contributed by atoms with Crippen molar-refractivity contribution in [2.75, 3.05) is 0 Å². The molecule has 0 spiro atoms. The van der Waals surface area contributed by atoms with Crippen molar-refractivity contribution in [3.63, 3.8) is 0 Å². The van der Waals surface area contributed by atoms with E-state index in [-0.39, 0.29) is 0 Å². The quantitative estimate of drug-likeness (QED) is 0.733. The Labute approximate surface area is 121 Å². The van der Waals surface area contributed by atoms with Gasteiger partial charge in [-0.05, 0) is 48.5 Å². The number of nitrogens with zero attached hydrogens (tertiary/aromatic N) is 4. The molecule has 1 aromatic heterocycles. The summed E-state index contributed by atoms with van der Waals surface area (Å²) >= 11 is 4.25. The minimum atomic E-state index is 0.623. The zero-order chi connectivity index (χ0) is 13.9. The fourth-order valence-electron chi connectivity index (χ4n) is 1.82. The van der Waals surface area contributed by atoms with Gasteiger partial charge >= 0.3 is 0 Å². The molecular weight excluding hydrogens is 268 g/mol. The third kappa shape index (κ3) is 2.42. The maximum atomic E-state index is 8.78. The summed E-state index contributed by atoms with van der Waals surface area (Å²) < 4.78 is 1.71. The van der Waals surface area contributed by atoms with Crippen LogP contribution in [0.15, 0.2) is 59.8 Å². The highest BCUT2D eigenvalue weighted by Gasteiger charge is 2.05. The molecule has 3 rings (SSSR count). The van der Waals surface area contributed by atoms with Gasteiger partial charge in [-0.25, -0.2) is 9.67 Å². The molecule has 3 aromatic rings. The van der Waals surface area contributed by atoms with Crippen molar-refractivity contribution in [3.8, 4) is 23.1 Å². The second-order valence-corrected chi connectivity index (χ2v) is 4.73. The van der Waals surface area contributed by atoms with Gasteiger partial charge in [0.25, 0.3) is 0 Å². The summed E-state index contributed by atoms with van der Waals surface area (Å²) in [5, 5.41) is 13.2. The van der Waals surface area contributed by atoms with Crippen molar-refractivity contribution >= 4 is 12.6 Å². The second kappa shape index (κ2) is 5.19. The van der Waals surface area contributed by atoms with E-state index in [1.165, 1.54) is 0 Å². The molecule has 5 heteroatoms. The average molecular weight is 278 g/mol. The van der Waals surface area contributed by atoms with Crippen LogP contribution in [0.1, 0.15) is 5.56 Å². The first-order valence-corrected chi connectivity index (χ1v) is 6.42. The molecule has 0 bridgehead atoms. The van der Waals surface area contributed by atoms with Crippen LogP contribution in [0.25, 0.3) is 17.1 Å². The van der Waals surface area contributed by atoms with E-state index < -0.39 is 0 Å². The average Bonchev–Trinajstić information content (AvgIpc) is 2.98. The molecule has 0 unspecified atom stereocenters. The lowest BCUT2D eigenvalue weighted by Gasteiger charge is -2.00. The van der Waals surface area contributed by atoms with Gasteiger partial charge in [-0.15, -0.1) is 17.7 Å². The summed E-state index contributed by atoms with van der Waals surface area (Å²) in [6.07, 6.45) is 1.67. The summed E-state index contributed by atoms with van der Waals surface area (Å²) in [7, 11) is 0. The van der Waals surface area contributed by atoms with Crippen LogP contribution in [0, 0.1) is 11.3 Å². The molecule has 4 nitrogen and oxygen atoms in total. The van der Waals surface area contributed by atoms with E-state index in [2.05, 4.69) is 28.8 Å². The zero-order valence-electron chi connectivity index (χ0n) is 10.4. The Bertz CT molecular complexity index is 767. The fraction of sp³-hybridized carbons (Fsp3) is 0. The molecule has 1 heterocycles. The first-order chi connectivity index (χ1) is 9.76. The topological polar surface area (TPSA) is 54.5 Å². The van der Waals surface area contributed by atoms with E-state index >= 15 is 0 Å². The monoisotopic (exact) mass is 278 g/mol. The summed E-state index contributed by atoms with van der Waals surface area (Å²) in [5.74, 6) is 0.629. The molecule has 0 radical (unpaired) electrons. The van der Waals surface area contributed by atoms with Crippen molar-refractivity contribution < 1.29 is 0 Å². The van der Waals surface area contributed by atoms with Gasteiger partial charge in [0.1, 0.15) is 6.33 Å². The lowest BCUT2D eigenvalue weighted by atomic mass is 10.1. The van der Waals surface area contributed by atoms with E-state index in [0.29, 0.717) is 11.4 Å². The zero-order valence-corrected chi connectivity index (χ0v) is 11.3.